The van der Waals surface area contributed by atoms with Crippen LogP contribution < -0.4 is 15.8 Å². The topological polar surface area (TPSA) is 126 Å². The van der Waals surface area contributed by atoms with Crippen LogP contribution in [0, 0.1) is 0 Å². The summed E-state index contributed by atoms with van der Waals surface area (Å²) in [5.74, 6) is -0.0166. The summed E-state index contributed by atoms with van der Waals surface area (Å²) in [5.41, 5.74) is 6.46. The molecule has 0 spiro atoms. The normalized spacial score (nSPS) is 10.9. The Balaban J connectivity index is 1.97. The standard InChI is InChI=1S/C18H16ClN5O3/c1-27-14-8-4-7-13(25)10(14)9-21-17-15(16(20)26)18(24-23-17)22-12-6-3-2-5-11(12)19/h2-9,25H,1H3,(H2,20,26)(H2,22,23,24). The van der Waals surface area contributed by atoms with Crippen molar-refractivity contribution in [1.82, 2.24) is 10.2 Å². The molecule has 1 amide bonds. The number of nitrogens with zero attached hydrogens (tertiary/aromatic N) is 2. The average Bonchev–Trinajstić information content (AvgIpc) is 3.05. The van der Waals surface area contributed by atoms with E-state index in [4.69, 9.17) is 22.1 Å². The number of rotatable bonds is 6. The van der Waals surface area contributed by atoms with Gasteiger partial charge in [0, 0.05) is 6.21 Å². The van der Waals surface area contributed by atoms with Crippen LogP contribution in [0.5, 0.6) is 11.5 Å². The number of hydrogen-bond acceptors (Lipinski definition) is 6. The molecule has 27 heavy (non-hydrogen) atoms. The van der Waals surface area contributed by atoms with Gasteiger partial charge in [0.05, 0.1) is 23.4 Å². The van der Waals surface area contributed by atoms with E-state index in [0.29, 0.717) is 22.0 Å². The maximum Gasteiger partial charge on any atom is 0.256 e. The molecule has 0 aliphatic rings. The number of aliphatic imine (C=N–C) groups is 1. The van der Waals surface area contributed by atoms with E-state index in [0.717, 1.165) is 0 Å². The van der Waals surface area contributed by atoms with Gasteiger partial charge in [-0.25, -0.2) is 4.99 Å². The quantitative estimate of drug-likeness (QED) is 0.484. The van der Waals surface area contributed by atoms with Crippen molar-refractivity contribution >= 4 is 41.0 Å². The van der Waals surface area contributed by atoms with Crippen LogP contribution in [0.15, 0.2) is 47.5 Å². The van der Waals surface area contributed by atoms with Gasteiger partial charge in [-0.3, -0.25) is 9.89 Å². The van der Waals surface area contributed by atoms with Crippen LogP contribution in [0.1, 0.15) is 15.9 Å². The Kier molecular flexibility index (Phi) is 5.28. The zero-order valence-corrected chi connectivity index (χ0v) is 15.0. The van der Waals surface area contributed by atoms with Crippen LogP contribution in [0.3, 0.4) is 0 Å². The summed E-state index contributed by atoms with van der Waals surface area (Å²) in [6, 6.07) is 11.8. The van der Waals surface area contributed by atoms with Gasteiger partial charge in [-0.2, -0.15) is 5.10 Å². The number of carbonyl (C=O) groups is 1. The minimum Gasteiger partial charge on any atom is -0.507 e. The van der Waals surface area contributed by atoms with Gasteiger partial charge in [0.1, 0.15) is 22.9 Å². The van der Waals surface area contributed by atoms with Gasteiger partial charge < -0.3 is 20.9 Å². The van der Waals surface area contributed by atoms with E-state index in [1.54, 1.807) is 36.4 Å². The lowest BCUT2D eigenvalue weighted by atomic mass is 10.2. The van der Waals surface area contributed by atoms with E-state index in [9.17, 15) is 9.90 Å². The van der Waals surface area contributed by atoms with Crippen LogP contribution in [-0.2, 0) is 0 Å². The number of phenolic OH excluding ortho intramolecular Hbond substituents is 1. The number of nitrogens with two attached hydrogens (primary N) is 1. The number of nitrogens with one attached hydrogen (secondary N) is 2. The molecule has 1 aromatic heterocycles. The largest absolute Gasteiger partial charge is 0.507 e. The second-order valence-corrected chi connectivity index (χ2v) is 5.82. The van der Waals surface area contributed by atoms with Crippen molar-refractivity contribution in [2.24, 2.45) is 10.7 Å². The van der Waals surface area contributed by atoms with Gasteiger partial charge in [-0.1, -0.05) is 29.8 Å². The Morgan fingerprint density at radius 1 is 1.33 bits per heavy atom. The van der Waals surface area contributed by atoms with Gasteiger partial charge >= 0.3 is 0 Å². The number of hydrogen-bond donors (Lipinski definition) is 4. The highest BCUT2D eigenvalue weighted by Gasteiger charge is 2.19. The molecule has 0 unspecified atom stereocenters. The van der Waals surface area contributed by atoms with Crippen molar-refractivity contribution in [2.75, 3.05) is 12.4 Å². The molecule has 0 aliphatic carbocycles. The maximum absolute atomic E-state index is 11.9. The third kappa shape index (κ3) is 3.85. The van der Waals surface area contributed by atoms with Crippen molar-refractivity contribution in [2.45, 2.75) is 0 Å². The number of halogens is 1. The fourth-order valence-corrected chi connectivity index (χ4v) is 2.60. The molecule has 0 fully saturated rings. The lowest BCUT2D eigenvalue weighted by molar-refractivity contribution is 0.100. The highest BCUT2D eigenvalue weighted by molar-refractivity contribution is 6.33. The summed E-state index contributed by atoms with van der Waals surface area (Å²) in [5, 5.41) is 20.1. The van der Waals surface area contributed by atoms with E-state index >= 15 is 0 Å². The van der Waals surface area contributed by atoms with Gasteiger partial charge in [0.2, 0.25) is 0 Å². The number of benzene rings is 2. The number of H-pyrrole nitrogens is 1. The minimum absolute atomic E-state index is 0.0244. The number of amides is 1. The van der Waals surface area contributed by atoms with E-state index in [-0.39, 0.29) is 22.9 Å². The predicted octanol–water partition coefficient (Wildman–Crippen LogP) is 3.37. The fourth-order valence-electron chi connectivity index (χ4n) is 2.41. The summed E-state index contributed by atoms with van der Waals surface area (Å²) in [6.07, 6.45) is 1.34. The highest BCUT2D eigenvalue weighted by Crippen LogP contribution is 2.30. The van der Waals surface area contributed by atoms with Gasteiger partial charge in [-0.15, -0.1) is 0 Å². The highest BCUT2D eigenvalue weighted by atomic mass is 35.5. The van der Waals surface area contributed by atoms with E-state index in [1.807, 2.05) is 0 Å². The zero-order chi connectivity index (χ0) is 19.4. The number of methoxy groups -OCH3 is 1. The van der Waals surface area contributed by atoms with Crippen LogP contribution in [0.25, 0.3) is 0 Å². The smallest absolute Gasteiger partial charge is 0.256 e. The molecule has 0 saturated heterocycles. The number of aromatic hydroxyl groups is 1. The third-order valence-corrected chi connectivity index (χ3v) is 4.04. The Morgan fingerprint density at radius 3 is 2.81 bits per heavy atom. The van der Waals surface area contributed by atoms with Crippen LogP contribution in [-0.4, -0.2) is 34.5 Å². The number of aromatic nitrogens is 2. The molecule has 3 aromatic rings. The summed E-state index contributed by atoms with van der Waals surface area (Å²) >= 11 is 6.12. The summed E-state index contributed by atoms with van der Waals surface area (Å²) in [7, 11) is 1.47. The van der Waals surface area contributed by atoms with E-state index in [1.165, 1.54) is 19.4 Å². The molecular formula is C18H16ClN5O3. The van der Waals surface area contributed by atoms with Crippen molar-refractivity contribution in [3.05, 3.63) is 58.6 Å². The molecule has 8 nitrogen and oxygen atoms in total. The Hall–Kier alpha value is -3.52. The first-order valence-electron chi connectivity index (χ1n) is 7.81. The summed E-state index contributed by atoms with van der Waals surface area (Å²) in [6.45, 7) is 0. The van der Waals surface area contributed by atoms with Crippen molar-refractivity contribution < 1.29 is 14.6 Å². The number of para-hydroxylation sites is 1. The molecule has 0 bridgehead atoms. The van der Waals surface area contributed by atoms with Gasteiger partial charge in [0.15, 0.2) is 5.82 Å². The van der Waals surface area contributed by atoms with Crippen LogP contribution >= 0.6 is 11.6 Å². The number of carbonyl (C=O) groups excluding carboxylic acids is 1. The molecule has 0 radical (unpaired) electrons. The monoisotopic (exact) mass is 385 g/mol. The van der Waals surface area contributed by atoms with E-state index < -0.39 is 5.91 Å². The fraction of sp³-hybridized carbons (Fsp3) is 0.0556. The molecule has 5 N–H and O–H groups in total. The summed E-state index contributed by atoms with van der Waals surface area (Å²) < 4.78 is 5.19. The third-order valence-electron chi connectivity index (χ3n) is 3.71. The molecule has 9 heteroatoms. The van der Waals surface area contributed by atoms with Crippen molar-refractivity contribution in [3.63, 3.8) is 0 Å². The number of anilines is 2. The predicted molar refractivity (Wildman–Crippen MR) is 104 cm³/mol. The molecule has 0 aliphatic heterocycles. The molecule has 0 atom stereocenters. The van der Waals surface area contributed by atoms with Crippen LogP contribution in [0.4, 0.5) is 17.3 Å². The first-order chi connectivity index (χ1) is 13.0. The molecule has 2 aromatic carbocycles. The number of primary amides is 1. The number of aromatic amines is 1. The number of phenols is 1. The minimum atomic E-state index is -0.727. The Labute approximate surface area is 159 Å². The molecule has 0 saturated carbocycles. The van der Waals surface area contributed by atoms with Crippen molar-refractivity contribution in [1.29, 1.82) is 0 Å². The second-order valence-electron chi connectivity index (χ2n) is 5.42. The zero-order valence-electron chi connectivity index (χ0n) is 14.2. The molecule has 3 rings (SSSR count). The SMILES string of the molecule is COc1cccc(O)c1C=Nc1n[nH]c(Nc2ccccc2Cl)c1C(N)=O. The maximum atomic E-state index is 11.9. The first kappa shape index (κ1) is 18.3. The Bertz CT molecular complexity index is 1020. The lowest BCUT2D eigenvalue weighted by Crippen LogP contribution is -2.12. The lowest BCUT2D eigenvalue weighted by Gasteiger charge is -2.07. The van der Waals surface area contributed by atoms with Crippen LogP contribution in [0.2, 0.25) is 5.02 Å². The summed E-state index contributed by atoms with van der Waals surface area (Å²) in [4.78, 5) is 16.1. The van der Waals surface area contributed by atoms with Gasteiger partial charge in [-0.05, 0) is 24.3 Å². The average molecular weight is 386 g/mol. The Morgan fingerprint density at radius 2 is 2.11 bits per heavy atom. The molecule has 138 valence electrons. The number of ether oxygens (including phenoxy) is 1. The van der Waals surface area contributed by atoms with Crippen molar-refractivity contribution in [3.8, 4) is 11.5 Å². The molecule has 1 heterocycles. The van der Waals surface area contributed by atoms with E-state index in [2.05, 4.69) is 20.5 Å². The second kappa shape index (κ2) is 7.79. The molecular weight excluding hydrogens is 370 g/mol. The first-order valence-corrected chi connectivity index (χ1v) is 8.18. The van der Waals surface area contributed by atoms with Gasteiger partial charge in [0.25, 0.3) is 5.91 Å².